The normalized spacial score (nSPS) is 19.3. The van der Waals surface area contributed by atoms with Crippen LogP contribution >= 0.6 is 0 Å². The molecule has 1 aromatic heterocycles. The molecule has 5 rings (SSSR count). The maximum absolute atomic E-state index is 15.4. The van der Waals surface area contributed by atoms with Crippen LogP contribution in [0.4, 0.5) is 20.8 Å². The second-order valence-corrected chi connectivity index (χ2v) is 10.0. The average molecular weight is 580 g/mol. The van der Waals surface area contributed by atoms with Crippen LogP contribution < -0.4 is 24.6 Å². The zero-order valence-corrected chi connectivity index (χ0v) is 23.6. The van der Waals surface area contributed by atoms with Crippen molar-refractivity contribution < 1.29 is 33.0 Å². The fourth-order valence-electron chi connectivity index (χ4n) is 5.45. The summed E-state index contributed by atoms with van der Waals surface area (Å²) in [4.78, 5) is 50.5. The topological polar surface area (TPSA) is 137 Å². The maximum atomic E-state index is 15.4. The first kappa shape index (κ1) is 28.7. The summed E-state index contributed by atoms with van der Waals surface area (Å²) in [6, 6.07) is 8.62. The Balaban J connectivity index is 1.29. The van der Waals surface area contributed by atoms with E-state index >= 15 is 4.39 Å². The lowest BCUT2D eigenvalue weighted by Gasteiger charge is -2.35. The van der Waals surface area contributed by atoms with Crippen molar-refractivity contribution in [3.63, 3.8) is 0 Å². The van der Waals surface area contributed by atoms with Gasteiger partial charge in [-0.3, -0.25) is 9.59 Å². The number of nitrogens with two attached hydrogens (primary N) is 1. The predicted octanol–water partition coefficient (Wildman–Crippen LogP) is 2.59. The van der Waals surface area contributed by atoms with Gasteiger partial charge in [0.15, 0.2) is 6.04 Å². The molecule has 2 aliphatic heterocycles. The number of quaternary nitrogens is 1. The molecule has 3 amide bonds. The van der Waals surface area contributed by atoms with Crippen molar-refractivity contribution in [2.24, 2.45) is 5.73 Å². The van der Waals surface area contributed by atoms with Crippen molar-refractivity contribution in [1.29, 1.82) is 0 Å². The number of piperazine rings is 1. The van der Waals surface area contributed by atoms with Gasteiger partial charge in [0.2, 0.25) is 5.95 Å². The van der Waals surface area contributed by atoms with Crippen LogP contribution in [0.15, 0.2) is 48.8 Å². The number of benzene rings is 2. The molecule has 2 atom stereocenters. The number of primary amides is 1. The molecular formula is C29H32FN6O6+. The number of halogens is 1. The van der Waals surface area contributed by atoms with Gasteiger partial charge in [-0.2, -0.15) is 9.28 Å². The van der Waals surface area contributed by atoms with E-state index in [1.165, 1.54) is 45.7 Å². The molecule has 2 aromatic carbocycles. The molecule has 42 heavy (non-hydrogen) atoms. The molecule has 0 bridgehead atoms. The molecule has 0 saturated carbocycles. The second-order valence-electron chi connectivity index (χ2n) is 10.0. The molecule has 2 unspecified atom stereocenters. The number of methoxy groups -OCH3 is 2. The molecule has 0 radical (unpaired) electrons. The highest BCUT2D eigenvalue weighted by atomic mass is 19.1. The number of ether oxygens (including phenoxy) is 3. The largest absolute Gasteiger partial charge is 0.522 e. The van der Waals surface area contributed by atoms with Crippen molar-refractivity contribution in [3.8, 4) is 22.6 Å². The summed E-state index contributed by atoms with van der Waals surface area (Å²) in [7, 11) is 3.02. The smallest absolute Gasteiger partial charge is 0.496 e. The Morgan fingerprint density at radius 3 is 2.21 bits per heavy atom. The fraction of sp³-hybridized carbons (Fsp3) is 0.345. The van der Waals surface area contributed by atoms with Crippen LogP contribution in [0, 0.1) is 5.82 Å². The Hall–Kier alpha value is -4.78. The first-order valence-electron chi connectivity index (χ1n) is 13.4. The van der Waals surface area contributed by atoms with Gasteiger partial charge in [0, 0.05) is 61.8 Å². The second kappa shape index (κ2) is 11.6. The minimum Gasteiger partial charge on any atom is -0.496 e. The van der Waals surface area contributed by atoms with E-state index in [1.54, 1.807) is 29.2 Å². The number of rotatable bonds is 8. The minimum atomic E-state index is -0.930. The standard InChI is InChI=1S/C29H31FN6O6/c1-18(26(31)37)36(13-14-42-29(36)39)20-7-8-21(22(30)15-20)19-16-32-28(33-17-19)35-11-9-34(10-12-35)27(38)25-23(40-2)5-4-6-24(25)41-3/h4-8,15-18H,9-14H2,1-3H3,(H-,31,37)/p+1. The van der Waals surface area contributed by atoms with E-state index in [2.05, 4.69) is 9.97 Å². The van der Waals surface area contributed by atoms with Crippen LogP contribution in [0.25, 0.3) is 11.1 Å². The highest BCUT2D eigenvalue weighted by Crippen LogP contribution is 2.35. The minimum absolute atomic E-state index is 0.103. The Kier molecular flexibility index (Phi) is 7.94. The molecule has 0 spiro atoms. The number of amides is 3. The Bertz CT molecular complexity index is 1490. The molecule has 2 aliphatic rings. The number of carbonyl (C=O) groups is 3. The van der Waals surface area contributed by atoms with Gasteiger partial charge in [-0.15, -0.1) is 0 Å². The summed E-state index contributed by atoms with van der Waals surface area (Å²) >= 11 is 0. The van der Waals surface area contributed by atoms with Gasteiger partial charge in [-0.05, 0) is 25.1 Å². The number of cyclic esters (lactones) is 1. The lowest BCUT2D eigenvalue weighted by molar-refractivity contribution is -0.121. The number of hydrogen-bond acceptors (Lipinski definition) is 9. The molecule has 3 heterocycles. The molecule has 12 nitrogen and oxygen atoms in total. The molecule has 13 heteroatoms. The van der Waals surface area contributed by atoms with E-state index in [0.29, 0.717) is 54.8 Å². The molecule has 220 valence electrons. The predicted molar refractivity (Wildman–Crippen MR) is 152 cm³/mol. The van der Waals surface area contributed by atoms with Crippen LogP contribution in [0.3, 0.4) is 0 Å². The van der Waals surface area contributed by atoms with Crippen molar-refractivity contribution >= 4 is 29.5 Å². The number of carbonyl (C=O) groups excluding carboxylic acids is 3. The third kappa shape index (κ3) is 4.96. The summed E-state index contributed by atoms with van der Waals surface area (Å²) in [5.41, 5.74) is 6.84. The van der Waals surface area contributed by atoms with Gasteiger partial charge in [0.05, 0.1) is 14.2 Å². The Morgan fingerprint density at radius 1 is 1.05 bits per heavy atom. The molecule has 2 N–H and O–H groups in total. The average Bonchev–Trinajstić information content (AvgIpc) is 3.41. The summed E-state index contributed by atoms with van der Waals surface area (Å²) < 4.78 is 30.8. The van der Waals surface area contributed by atoms with Crippen molar-refractivity contribution in [2.75, 3.05) is 58.5 Å². The van der Waals surface area contributed by atoms with E-state index in [9.17, 15) is 14.4 Å². The van der Waals surface area contributed by atoms with E-state index in [4.69, 9.17) is 19.9 Å². The summed E-state index contributed by atoms with van der Waals surface area (Å²) in [5.74, 6) is -0.127. The van der Waals surface area contributed by atoms with E-state index in [0.717, 1.165) is 0 Å². The van der Waals surface area contributed by atoms with Crippen molar-refractivity contribution in [1.82, 2.24) is 19.4 Å². The van der Waals surface area contributed by atoms with Gasteiger partial charge in [-0.25, -0.2) is 14.4 Å². The van der Waals surface area contributed by atoms with Gasteiger partial charge in [0.1, 0.15) is 41.7 Å². The van der Waals surface area contributed by atoms with Gasteiger partial charge in [0.25, 0.3) is 11.8 Å². The fourth-order valence-corrected chi connectivity index (χ4v) is 5.45. The third-order valence-corrected chi connectivity index (χ3v) is 7.92. The van der Waals surface area contributed by atoms with Crippen molar-refractivity contribution in [2.45, 2.75) is 13.0 Å². The number of nitrogens with zero attached hydrogens (tertiary/aromatic N) is 5. The van der Waals surface area contributed by atoms with E-state index in [-0.39, 0.29) is 30.3 Å². The zero-order chi connectivity index (χ0) is 30.0. The van der Waals surface area contributed by atoms with Gasteiger partial charge >= 0.3 is 6.09 Å². The molecular weight excluding hydrogens is 547 g/mol. The molecule has 0 aliphatic carbocycles. The Morgan fingerprint density at radius 2 is 1.69 bits per heavy atom. The van der Waals surface area contributed by atoms with Crippen LogP contribution in [-0.2, 0) is 9.53 Å². The summed E-state index contributed by atoms with van der Waals surface area (Å²) in [5, 5.41) is 0. The zero-order valence-electron chi connectivity index (χ0n) is 23.6. The van der Waals surface area contributed by atoms with Crippen LogP contribution in [0.1, 0.15) is 17.3 Å². The quantitative estimate of drug-likeness (QED) is 0.399. The number of hydrogen-bond donors (Lipinski definition) is 1. The highest BCUT2D eigenvalue weighted by Gasteiger charge is 2.53. The SMILES string of the molecule is COc1cccc(OC)c1C(=O)N1CCN(c2ncc(-c3ccc([N+]4(C(C)C(N)=O)CCOC4=O)cc3F)cn2)CC1. The number of anilines is 1. The summed E-state index contributed by atoms with van der Waals surface area (Å²) in [6.45, 7) is 3.68. The van der Waals surface area contributed by atoms with Gasteiger partial charge < -0.3 is 29.7 Å². The third-order valence-electron chi connectivity index (χ3n) is 7.92. The van der Waals surface area contributed by atoms with Gasteiger partial charge in [-0.1, -0.05) is 6.07 Å². The van der Waals surface area contributed by atoms with Crippen molar-refractivity contribution in [3.05, 3.63) is 60.2 Å². The highest BCUT2D eigenvalue weighted by molar-refractivity contribution is 6.00. The molecule has 2 saturated heterocycles. The molecule has 3 aromatic rings. The van der Waals surface area contributed by atoms with E-state index < -0.39 is 28.3 Å². The van der Waals surface area contributed by atoms with Crippen LogP contribution in [0.5, 0.6) is 11.5 Å². The lowest BCUT2D eigenvalue weighted by atomic mass is 10.1. The van der Waals surface area contributed by atoms with E-state index in [1.807, 2.05) is 4.90 Å². The Labute approximate surface area is 242 Å². The summed E-state index contributed by atoms with van der Waals surface area (Å²) in [6.07, 6.45) is 2.40. The number of aromatic nitrogens is 2. The maximum Gasteiger partial charge on any atom is 0.522 e. The molecule has 2 fully saturated rings. The van der Waals surface area contributed by atoms with Crippen LogP contribution in [0.2, 0.25) is 0 Å². The monoisotopic (exact) mass is 579 g/mol. The first-order chi connectivity index (χ1) is 20.2. The first-order valence-corrected chi connectivity index (χ1v) is 13.4. The van der Waals surface area contributed by atoms with Crippen LogP contribution in [-0.4, -0.2) is 92.4 Å². The lowest BCUT2D eigenvalue weighted by Crippen LogP contribution is -2.61.